The van der Waals surface area contributed by atoms with E-state index in [2.05, 4.69) is 20.5 Å². The number of halogens is 1. The molecule has 1 unspecified atom stereocenters. The van der Waals surface area contributed by atoms with Gasteiger partial charge in [0.05, 0.1) is 18.9 Å². The Labute approximate surface area is 165 Å². The molecule has 6 nitrogen and oxygen atoms in total. The molecule has 0 aliphatic carbocycles. The van der Waals surface area contributed by atoms with Crippen LogP contribution in [0.15, 0.2) is 46.0 Å². The molecule has 28 heavy (non-hydrogen) atoms. The van der Waals surface area contributed by atoms with Gasteiger partial charge in [-0.1, -0.05) is 6.07 Å². The maximum Gasteiger partial charge on any atom is 0.191 e. The Balaban J connectivity index is 1.55. The van der Waals surface area contributed by atoms with E-state index < -0.39 is 0 Å². The Morgan fingerprint density at radius 2 is 2.11 bits per heavy atom. The van der Waals surface area contributed by atoms with E-state index in [0.29, 0.717) is 25.7 Å². The minimum absolute atomic E-state index is 0.166. The van der Waals surface area contributed by atoms with E-state index in [-0.39, 0.29) is 17.6 Å². The van der Waals surface area contributed by atoms with Crippen LogP contribution < -0.4 is 15.4 Å². The number of likely N-dealkylation sites (tertiary alicyclic amines) is 1. The second kappa shape index (κ2) is 10.1. The van der Waals surface area contributed by atoms with Gasteiger partial charge in [0.15, 0.2) is 17.5 Å². The number of rotatable bonds is 8. The molecule has 7 heteroatoms. The first-order valence-corrected chi connectivity index (χ1v) is 9.84. The Hall–Kier alpha value is -2.54. The summed E-state index contributed by atoms with van der Waals surface area (Å²) in [4.78, 5) is 6.71. The Kier molecular flexibility index (Phi) is 7.31. The number of guanidine groups is 1. The van der Waals surface area contributed by atoms with Gasteiger partial charge < -0.3 is 19.8 Å². The number of nitrogens with zero attached hydrogens (tertiary/aromatic N) is 2. The molecule has 2 heterocycles. The van der Waals surface area contributed by atoms with Crippen molar-refractivity contribution in [3.63, 3.8) is 0 Å². The third-order valence-electron chi connectivity index (χ3n) is 4.90. The summed E-state index contributed by atoms with van der Waals surface area (Å²) in [6, 6.07) is 9.10. The molecule has 1 aromatic heterocycles. The second-order valence-corrected chi connectivity index (χ2v) is 6.78. The fourth-order valence-electron chi connectivity index (χ4n) is 3.47. The topological polar surface area (TPSA) is 62.0 Å². The molecule has 3 rings (SSSR count). The zero-order valence-electron chi connectivity index (χ0n) is 16.6. The van der Waals surface area contributed by atoms with Crippen molar-refractivity contribution in [3.05, 3.63) is 53.7 Å². The third kappa shape index (κ3) is 5.25. The number of furan rings is 1. The van der Waals surface area contributed by atoms with Gasteiger partial charge in [-0.2, -0.15) is 0 Å². The molecule has 1 aliphatic rings. The highest BCUT2D eigenvalue weighted by molar-refractivity contribution is 5.79. The van der Waals surface area contributed by atoms with Crippen LogP contribution >= 0.6 is 0 Å². The maximum absolute atomic E-state index is 14.0. The van der Waals surface area contributed by atoms with Crippen molar-refractivity contribution < 1.29 is 13.5 Å². The predicted octanol–water partition coefficient (Wildman–Crippen LogP) is 3.32. The average Bonchev–Trinajstić information content (AvgIpc) is 3.41. The molecule has 1 fully saturated rings. The molecule has 1 aliphatic heterocycles. The lowest BCUT2D eigenvalue weighted by molar-refractivity contribution is 0.215. The zero-order chi connectivity index (χ0) is 19.8. The minimum atomic E-state index is -0.351. The molecule has 1 aromatic carbocycles. The third-order valence-corrected chi connectivity index (χ3v) is 4.90. The molecular weight excluding hydrogens is 359 g/mol. The first-order valence-electron chi connectivity index (χ1n) is 9.84. The number of aliphatic imine (C=N–C) groups is 1. The van der Waals surface area contributed by atoms with Gasteiger partial charge in [0, 0.05) is 20.1 Å². The fourth-order valence-corrected chi connectivity index (χ4v) is 3.47. The Bertz CT molecular complexity index is 758. The number of hydrogen-bond acceptors (Lipinski definition) is 4. The molecule has 0 bridgehead atoms. The molecule has 152 valence electrons. The molecule has 0 saturated carbocycles. The fraction of sp³-hybridized carbons (Fsp3) is 0.476. The standard InChI is InChI=1S/C21H29FN4O2/c1-3-27-19-9-8-16(13-17(19)22)14-24-21(23-2)25-15-18(20-7-6-12-28-20)26-10-4-5-11-26/h6-9,12-13,18H,3-5,10-11,14-15H2,1-2H3,(H2,23,24,25). The van der Waals surface area contributed by atoms with Crippen molar-refractivity contribution in [2.45, 2.75) is 32.4 Å². The quantitative estimate of drug-likeness (QED) is 0.537. The molecular formula is C21H29FN4O2. The van der Waals surface area contributed by atoms with Crippen LogP contribution in [0.2, 0.25) is 0 Å². The van der Waals surface area contributed by atoms with Crippen LogP contribution in [-0.2, 0) is 6.54 Å². The normalized spacial score (nSPS) is 16.2. The molecule has 1 saturated heterocycles. The molecule has 0 amide bonds. The molecule has 0 radical (unpaired) electrons. The van der Waals surface area contributed by atoms with Crippen LogP contribution in [-0.4, -0.2) is 44.1 Å². The van der Waals surface area contributed by atoms with E-state index in [0.717, 1.165) is 24.4 Å². The van der Waals surface area contributed by atoms with Crippen LogP contribution in [0.1, 0.15) is 37.1 Å². The number of benzene rings is 1. The Morgan fingerprint density at radius 1 is 1.29 bits per heavy atom. The predicted molar refractivity (Wildman–Crippen MR) is 108 cm³/mol. The number of nitrogens with one attached hydrogen (secondary N) is 2. The van der Waals surface area contributed by atoms with Crippen LogP contribution in [0.25, 0.3) is 0 Å². The summed E-state index contributed by atoms with van der Waals surface area (Å²) in [6.45, 7) is 5.58. The lowest BCUT2D eigenvalue weighted by Crippen LogP contribution is -2.42. The summed E-state index contributed by atoms with van der Waals surface area (Å²) in [7, 11) is 1.73. The van der Waals surface area contributed by atoms with Gasteiger partial charge in [-0.25, -0.2) is 4.39 Å². The number of ether oxygens (including phenoxy) is 1. The van der Waals surface area contributed by atoms with Gasteiger partial charge in [-0.15, -0.1) is 0 Å². The lowest BCUT2D eigenvalue weighted by atomic mass is 10.2. The summed E-state index contributed by atoms with van der Waals surface area (Å²) in [5.41, 5.74) is 0.825. The molecule has 2 N–H and O–H groups in total. The highest BCUT2D eigenvalue weighted by Crippen LogP contribution is 2.24. The van der Waals surface area contributed by atoms with E-state index in [1.54, 1.807) is 19.4 Å². The van der Waals surface area contributed by atoms with Gasteiger partial charge >= 0.3 is 0 Å². The van der Waals surface area contributed by atoms with E-state index in [9.17, 15) is 4.39 Å². The highest BCUT2D eigenvalue weighted by atomic mass is 19.1. The molecule has 1 atom stereocenters. The van der Waals surface area contributed by atoms with Gasteiger partial charge in [-0.05, 0) is 62.7 Å². The van der Waals surface area contributed by atoms with Crippen molar-refractivity contribution in [1.82, 2.24) is 15.5 Å². The van der Waals surface area contributed by atoms with Crippen molar-refractivity contribution >= 4 is 5.96 Å². The summed E-state index contributed by atoms with van der Waals surface area (Å²) < 4.78 is 24.9. The summed E-state index contributed by atoms with van der Waals surface area (Å²) in [6.07, 6.45) is 4.15. The van der Waals surface area contributed by atoms with E-state index >= 15 is 0 Å². The zero-order valence-corrected chi connectivity index (χ0v) is 16.6. The first kappa shape index (κ1) is 20.2. The van der Waals surface area contributed by atoms with E-state index in [1.165, 1.54) is 18.9 Å². The molecule has 2 aromatic rings. The second-order valence-electron chi connectivity index (χ2n) is 6.78. The SMILES string of the molecule is CCOc1ccc(CNC(=NC)NCC(c2ccco2)N2CCCC2)cc1F. The first-order chi connectivity index (χ1) is 13.7. The van der Waals surface area contributed by atoms with Gasteiger partial charge in [0.25, 0.3) is 0 Å². The van der Waals surface area contributed by atoms with Crippen molar-refractivity contribution in [2.75, 3.05) is 33.3 Å². The Morgan fingerprint density at radius 3 is 2.75 bits per heavy atom. The van der Waals surface area contributed by atoms with Gasteiger partial charge in [-0.3, -0.25) is 9.89 Å². The van der Waals surface area contributed by atoms with Gasteiger partial charge in [0.1, 0.15) is 5.76 Å². The summed E-state index contributed by atoms with van der Waals surface area (Å²) >= 11 is 0. The maximum atomic E-state index is 14.0. The van der Waals surface area contributed by atoms with E-state index in [4.69, 9.17) is 9.15 Å². The van der Waals surface area contributed by atoms with Gasteiger partial charge in [0.2, 0.25) is 0 Å². The van der Waals surface area contributed by atoms with Crippen LogP contribution in [0.3, 0.4) is 0 Å². The van der Waals surface area contributed by atoms with Crippen molar-refractivity contribution in [3.8, 4) is 5.75 Å². The van der Waals surface area contributed by atoms with Crippen molar-refractivity contribution in [2.24, 2.45) is 4.99 Å². The van der Waals surface area contributed by atoms with Crippen LogP contribution in [0, 0.1) is 5.82 Å². The smallest absolute Gasteiger partial charge is 0.191 e. The van der Waals surface area contributed by atoms with Crippen LogP contribution in [0.5, 0.6) is 5.75 Å². The van der Waals surface area contributed by atoms with Crippen molar-refractivity contribution in [1.29, 1.82) is 0 Å². The highest BCUT2D eigenvalue weighted by Gasteiger charge is 2.25. The monoisotopic (exact) mass is 388 g/mol. The lowest BCUT2D eigenvalue weighted by Gasteiger charge is -2.26. The molecule has 0 spiro atoms. The largest absolute Gasteiger partial charge is 0.491 e. The van der Waals surface area contributed by atoms with Crippen LogP contribution in [0.4, 0.5) is 4.39 Å². The summed E-state index contributed by atoms with van der Waals surface area (Å²) in [5.74, 6) is 1.56. The number of hydrogen-bond donors (Lipinski definition) is 2. The minimum Gasteiger partial charge on any atom is -0.491 e. The van der Waals surface area contributed by atoms with E-state index in [1.807, 2.05) is 25.1 Å². The summed E-state index contributed by atoms with van der Waals surface area (Å²) in [5, 5.41) is 6.61. The average molecular weight is 388 g/mol.